The van der Waals surface area contributed by atoms with Gasteiger partial charge in [-0.1, -0.05) is 46.9 Å². The number of nitriles is 1. The second-order valence-electron chi connectivity index (χ2n) is 2.62. The Labute approximate surface area is 91.8 Å². The van der Waals surface area contributed by atoms with Crippen molar-refractivity contribution in [2.45, 2.75) is 10.8 Å². The second-order valence-corrected chi connectivity index (χ2v) is 4.54. The van der Waals surface area contributed by atoms with Gasteiger partial charge in [0, 0.05) is 11.4 Å². The molecule has 0 aromatic heterocycles. The first-order chi connectivity index (χ1) is 6.03. The molecule has 1 aromatic carbocycles. The minimum Gasteiger partial charge on any atom is -0.195 e. The van der Waals surface area contributed by atoms with E-state index in [1.807, 2.05) is 6.07 Å². The Hall–Kier alpha value is -0.420. The Kier molecular flexibility index (Phi) is 3.44. The second kappa shape index (κ2) is 4.19. The molecule has 0 saturated heterocycles. The van der Waals surface area contributed by atoms with Crippen molar-refractivity contribution in [2.75, 3.05) is 0 Å². The van der Waals surface area contributed by atoms with Gasteiger partial charge in [-0.05, 0) is 17.7 Å². The van der Waals surface area contributed by atoms with Gasteiger partial charge < -0.3 is 0 Å². The zero-order valence-electron chi connectivity index (χ0n) is 6.60. The average molecular weight is 235 g/mol. The molecule has 1 rings (SSSR count). The van der Waals surface area contributed by atoms with E-state index in [-0.39, 0.29) is 6.42 Å². The number of hydrogen-bond donors (Lipinski definition) is 0. The van der Waals surface area contributed by atoms with Crippen LogP contribution in [0, 0.1) is 11.3 Å². The lowest BCUT2D eigenvalue weighted by Gasteiger charge is -2.09. The summed E-state index contributed by atoms with van der Waals surface area (Å²) in [5.41, 5.74) is 0.846. The standard InChI is InChI=1S/C9H6Cl3N/c10-8-3-1-2-7(4-8)5-9(11,12)6-13/h1-4H,5H2. The summed E-state index contributed by atoms with van der Waals surface area (Å²) in [6.45, 7) is 0. The van der Waals surface area contributed by atoms with E-state index in [2.05, 4.69) is 0 Å². The lowest BCUT2D eigenvalue weighted by Crippen LogP contribution is -2.12. The third-order valence-electron chi connectivity index (χ3n) is 1.48. The Bertz CT molecular complexity index is 341. The summed E-state index contributed by atoms with van der Waals surface area (Å²) < 4.78 is -1.37. The number of benzene rings is 1. The molecule has 0 N–H and O–H groups in total. The van der Waals surface area contributed by atoms with Gasteiger partial charge in [-0.2, -0.15) is 5.26 Å². The van der Waals surface area contributed by atoms with Crippen LogP contribution in [-0.2, 0) is 6.42 Å². The SMILES string of the molecule is N#CC(Cl)(Cl)Cc1cccc(Cl)c1. The van der Waals surface area contributed by atoms with Gasteiger partial charge in [-0.25, -0.2) is 0 Å². The molecule has 0 radical (unpaired) electrons. The van der Waals surface area contributed by atoms with E-state index in [1.165, 1.54) is 0 Å². The maximum atomic E-state index is 8.58. The highest BCUT2D eigenvalue weighted by atomic mass is 35.5. The van der Waals surface area contributed by atoms with E-state index in [9.17, 15) is 0 Å². The topological polar surface area (TPSA) is 23.8 Å². The van der Waals surface area contributed by atoms with E-state index in [1.54, 1.807) is 24.3 Å². The molecule has 0 amide bonds. The number of rotatable bonds is 2. The Morgan fingerprint density at radius 1 is 1.38 bits per heavy atom. The van der Waals surface area contributed by atoms with Crippen molar-refractivity contribution in [3.63, 3.8) is 0 Å². The lowest BCUT2D eigenvalue weighted by atomic mass is 10.1. The third-order valence-corrected chi connectivity index (χ3v) is 2.15. The van der Waals surface area contributed by atoms with Gasteiger partial charge in [-0.15, -0.1) is 0 Å². The molecule has 0 saturated carbocycles. The van der Waals surface area contributed by atoms with Crippen LogP contribution in [-0.4, -0.2) is 4.33 Å². The van der Waals surface area contributed by atoms with Gasteiger partial charge >= 0.3 is 0 Å². The number of halogens is 3. The first-order valence-corrected chi connectivity index (χ1v) is 4.70. The first-order valence-electron chi connectivity index (χ1n) is 3.57. The maximum absolute atomic E-state index is 8.58. The molecule has 0 aliphatic carbocycles. The first kappa shape index (κ1) is 10.7. The van der Waals surface area contributed by atoms with Crippen molar-refractivity contribution < 1.29 is 0 Å². The van der Waals surface area contributed by atoms with Gasteiger partial charge in [0.2, 0.25) is 4.33 Å². The maximum Gasteiger partial charge on any atom is 0.207 e. The van der Waals surface area contributed by atoms with Gasteiger partial charge in [0.25, 0.3) is 0 Å². The summed E-state index contributed by atoms with van der Waals surface area (Å²) in [4.78, 5) is 0. The van der Waals surface area contributed by atoms with E-state index >= 15 is 0 Å². The molecule has 0 spiro atoms. The summed E-state index contributed by atoms with van der Waals surface area (Å²) in [6, 6.07) is 8.90. The van der Waals surface area contributed by atoms with Crippen LogP contribution in [0.2, 0.25) is 5.02 Å². The quantitative estimate of drug-likeness (QED) is 0.718. The molecule has 0 heterocycles. The average Bonchev–Trinajstić information content (AvgIpc) is 2.03. The molecule has 1 nitrogen and oxygen atoms in total. The van der Waals surface area contributed by atoms with Crippen LogP contribution in [0.15, 0.2) is 24.3 Å². The fourth-order valence-corrected chi connectivity index (χ4v) is 1.46. The molecule has 1 aromatic rings. The van der Waals surface area contributed by atoms with Crippen LogP contribution in [0.25, 0.3) is 0 Å². The predicted octanol–water partition coefficient (Wildman–Crippen LogP) is 3.58. The minimum atomic E-state index is -1.37. The van der Waals surface area contributed by atoms with Crippen molar-refractivity contribution in [1.29, 1.82) is 5.26 Å². The fourth-order valence-electron chi connectivity index (χ4n) is 0.943. The Morgan fingerprint density at radius 3 is 2.62 bits per heavy atom. The molecule has 0 unspecified atom stereocenters. The highest BCUT2D eigenvalue weighted by Crippen LogP contribution is 2.25. The molecule has 13 heavy (non-hydrogen) atoms. The molecular weight excluding hydrogens is 228 g/mol. The molecule has 0 aliphatic rings. The van der Waals surface area contributed by atoms with Crippen LogP contribution in [0.5, 0.6) is 0 Å². The predicted molar refractivity (Wildman–Crippen MR) is 55.2 cm³/mol. The van der Waals surface area contributed by atoms with Gasteiger partial charge in [0.05, 0.1) is 0 Å². The summed E-state index contributed by atoms with van der Waals surface area (Å²) in [6.07, 6.45) is 0.271. The van der Waals surface area contributed by atoms with Crippen molar-refractivity contribution >= 4 is 34.8 Å². The van der Waals surface area contributed by atoms with Gasteiger partial charge in [0.1, 0.15) is 6.07 Å². The molecule has 0 bridgehead atoms. The lowest BCUT2D eigenvalue weighted by molar-refractivity contribution is 0.946. The smallest absolute Gasteiger partial charge is 0.195 e. The van der Waals surface area contributed by atoms with E-state index < -0.39 is 4.33 Å². The molecular formula is C9H6Cl3N. The van der Waals surface area contributed by atoms with Crippen molar-refractivity contribution in [3.8, 4) is 6.07 Å². The van der Waals surface area contributed by atoms with Gasteiger partial charge in [0.15, 0.2) is 0 Å². The normalized spacial score (nSPS) is 10.9. The summed E-state index contributed by atoms with van der Waals surface area (Å²) in [5, 5.41) is 9.19. The molecule has 0 atom stereocenters. The van der Waals surface area contributed by atoms with E-state index in [0.29, 0.717) is 5.02 Å². The monoisotopic (exact) mass is 233 g/mol. The van der Waals surface area contributed by atoms with Gasteiger partial charge in [-0.3, -0.25) is 0 Å². The van der Waals surface area contributed by atoms with Crippen LogP contribution in [0.3, 0.4) is 0 Å². The largest absolute Gasteiger partial charge is 0.207 e. The van der Waals surface area contributed by atoms with E-state index in [4.69, 9.17) is 40.1 Å². The number of nitrogens with zero attached hydrogens (tertiary/aromatic N) is 1. The fraction of sp³-hybridized carbons (Fsp3) is 0.222. The van der Waals surface area contributed by atoms with Crippen LogP contribution in [0.1, 0.15) is 5.56 Å². The van der Waals surface area contributed by atoms with Crippen LogP contribution >= 0.6 is 34.8 Å². The third kappa shape index (κ3) is 3.44. The zero-order valence-corrected chi connectivity index (χ0v) is 8.87. The highest BCUT2D eigenvalue weighted by Gasteiger charge is 2.23. The highest BCUT2D eigenvalue weighted by molar-refractivity contribution is 6.50. The minimum absolute atomic E-state index is 0.271. The Morgan fingerprint density at radius 2 is 2.08 bits per heavy atom. The summed E-state index contributed by atoms with van der Waals surface area (Å²) in [7, 11) is 0. The number of alkyl halides is 2. The van der Waals surface area contributed by atoms with Crippen molar-refractivity contribution in [3.05, 3.63) is 34.9 Å². The summed E-state index contributed by atoms with van der Waals surface area (Å²) >= 11 is 17.1. The van der Waals surface area contributed by atoms with Crippen molar-refractivity contribution in [1.82, 2.24) is 0 Å². The van der Waals surface area contributed by atoms with Crippen LogP contribution < -0.4 is 0 Å². The van der Waals surface area contributed by atoms with Crippen LogP contribution in [0.4, 0.5) is 0 Å². The molecule has 4 heteroatoms. The molecule has 0 fully saturated rings. The van der Waals surface area contributed by atoms with E-state index in [0.717, 1.165) is 5.56 Å². The van der Waals surface area contributed by atoms with Crippen molar-refractivity contribution in [2.24, 2.45) is 0 Å². The molecule has 0 aliphatic heterocycles. The zero-order chi connectivity index (χ0) is 9.90. The Balaban J connectivity index is 2.82. The molecule has 68 valence electrons. The summed E-state index contributed by atoms with van der Waals surface area (Å²) in [5.74, 6) is 0. The number of hydrogen-bond acceptors (Lipinski definition) is 1.